The Labute approximate surface area is 163 Å². The van der Waals surface area contributed by atoms with Crippen molar-refractivity contribution in [3.63, 3.8) is 0 Å². The number of aryl methyl sites for hydroxylation is 2. The van der Waals surface area contributed by atoms with Gasteiger partial charge >= 0.3 is 6.55 Å². The largest absolute Gasteiger partial charge is 0.362 e. The summed E-state index contributed by atoms with van der Waals surface area (Å²) in [5.74, 6) is 1.49. The van der Waals surface area contributed by atoms with Crippen molar-refractivity contribution in [1.29, 1.82) is 0 Å². The Balaban J connectivity index is 1.58. The van der Waals surface area contributed by atoms with Crippen LogP contribution in [-0.4, -0.2) is 24.5 Å². The first-order valence-corrected chi connectivity index (χ1v) is 9.79. The minimum Gasteiger partial charge on any atom is -0.362 e. The van der Waals surface area contributed by atoms with Gasteiger partial charge in [-0.1, -0.05) is 0 Å². The molecule has 0 aromatic carbocycles. The molecule has 6 nitrogen and oxygen atoms in total. The summed E-state index contributed by atoms with van der Waals surface area (Å²) in [6.45, 7) is -2.47. The minimum atomic E-state index is -2.62. The lowest BCUT2D eigenvalue weighted by Gasteiger charge is -2.11. The molecule has 0 spiro atoms. The molecular formula is C19H16F2N6S. The lowest BCUT2D eigenvalue weighted by molar-refractivity contribution is 0.0673. The predicted molar refractivity (Wildman–Crippen MR) is 103 cm³/mol. The number of hydrogen-bond donors (Lipinski definition) is 1. The molecule has 9 heteroatoms. The van der Waals surface area contributed by atoms with Crippen LogP contribution >= 0.6 is 11.3 Å². The molecule has 1 N–H and O–H groups in total. The summed E-state index contributed by atoms with van der Waals surface area (Å²) in [7, 11) is 0. The molecule has 4 aromatic rings. The van der Waals surface area contributed by atoms with E-state index in [0.717, 1.165) is 39.6 Å². The van der Waals surface area contributed by atoms with Crippen molar-refractivity contribution in [2.24, 2.45) is 0 Å². The number of aromatic nitrogens is 5. The molecule has 1 aliphatic rings. The Morgan fingerprint density at radius 2 is 2.14 bits per heavy atom. The fourth-order valence-electron chi connectivity index (χ4n) is 3.57. The summed E-state index contributed by atoms with van der Waals surface area (Å²) in [4.78, 5) is 19.9. The maximum atomic E-state index is 13.1. The van der Waals surface area contributed by atoms with E-state index in [1.165, 1.54) is 22.8 Å². The number of fused-ring (bicyclic) bond motifs is 3. The molecule has 0 atom stereocenters. The average Bonchev–Trinajstić information content (AvgIpc) is 3.42. The Morgan fingerprint density at radius 1 is 1.21 bits per heavy atom. The highest BCUT2D eigenvalue weighted by Crippen LogP contribution is 2.40. The third-order valence-electron chi connectivity index (χ3n) is 4.86. The topological polar surface area (TPSA) is 68.5 Å². The number of rotatable bonds is 5. The molecule has 0 unspecified atom stereocenters. The summed E-state index contributed by atoms with van der Waals surface area (Å²) in [5.41, 5.74) is 2.09. The third-order valence-corrected chi connectivity index (χ3v) is 6.04. The van der Waals surface area contributed by atoms with Gasteiger partial charge in [0.05, 0.1) is 11.9 Å². The van der Waals surface area contributed by atoms with Crippen LogP contribution in [0.4, 0.5) is 14.6 Å². The van der Waals surface area contributed by atoms with E-state index < -0.39 is 6.55 Å². The first-order valence-electron chi connectivity index (χ1n) is 8.97. The number of halogens is 2. The van der Waals surface area contributed by atoms with Crippen molar-refractivity contribution in [1.82, 2.24) is 24.5 Å². The van der Waals surface area contributed by atoms with Gasteiger partial charge in [-0.15, -0.1) is 11.3 Å². The summed E-state index contributed by atoms with van der Waals surface area (Å²) in [6, 6.07) is 3.74. The second-order valence-electron chi connectivity index (χ2n) is 6.56. The molecule has 4 aromatic heterocycles. The van der Waals surface area contributed by atoms with Crippen LogP contribution in [0, 0.1) is 0 Å². The van der Waals surface area contributed by atoms with E-state index >= 15 is 0 Å². The van der Waals surface area contributed by atoms with Crippen molar-refractivity contribution in [2.45, 2.75) is 32.4 Å². The zero-order valence-electron chi connectivity index (χ0n) is 14.8. The van der Waals surface area contributed by atoms with Gasteiger partial charge in [-0.2, -0.15) is 8.78 Å². The molecular weight excluding hydrogens is 382 g/mol. The minimum absolute atomic E-state index is 0.153. The van der Waals surface area contributed by atoms with Crippen LogP contribution in [0.2, 0.25) is 0 Å². The second kappa shape index (κ2) is 6.90. The summed E-state index contributed by atoms with van der Waals surface area (Å²) < 4.78 is 27.1. The molecule has 1 aliphatic carbocycles. The average molecular weight is 398 g/mol. The van der Waals surface area contributed by atoms with E-state index in [1.807, 2.05) is 12.1 Å². The normalized spacial score (nSPS) is 13.4. The van der Waals surface area contributed by atoms with Gasteiger partial charge in [0.15, 0.2) is 5.82 Å². The highest BCUT2D eigenvalue weighted by Gasteiger charge is 2.23. The SMILES string of the molecule is FC(F)n1ccnc1CNc1nc(-c2cccnc2)nc2sc3c(c12)CCC3. The molecule has 5 rings (SSSR count). The van der Waals surface area contributed by atoms with Crippen LogP contribution in [0.5, 0.6) is 0 Å². The quantitative estimate of drug-likeness (QED) is 0.538. The number of hydrogen-bond acceptors (Lipinski definition) is 6. The lowest BCUT2D eigenvalue weighted by atomic mass is 10.2. The van der Waals surface area contributed by atoms with E-state index in [0.29, 0.717) is 11.6 Å². The van der Waals surface area contributed by atoms with Crippen LogP contribution in [0.25, 0.3) is 21.6 Å². The molecule has 0 saturated carbocycles. The highest BCUT2D eigenvalue weighted by atomic mass is 32.1. The Morgan fingerprint density at radius 3 is 2.96 bits per heavy atom. The molecule has 28 heavy (non-hydrogen) atoms. The zero-order valence-corrected chi connectivity index (χ0v) is 15.6. The molecule has 4 heterocycles. The molecule has 0 saturated heterocycles. The van der Waals surface area contributed by atoms with Gasteiger partial charge in [0.2, 0.25) is 0 Å². The molecule has 0 fully saturated rings. The van der Waals surface area contributed by atoms with E-state index in [4.69, 9.17) is 9.97 Å². The van der Waals surface area contributed by atoms with Crippen LogP contribution in [0.15, 0.2) is 36.9 Å². The van der Waals surface area contributed by atoms with Gasteiger partial charge < -0.3 is 5.32 Å². The zero-order chi connectivity index (χ0) is 19.1. The Hall–Kier alpha value is -2.94. The standard InChI is InChI=1S/C19H16F2N6S/c20-19(21)27-8-7-23-14(27)10-24-17-15-12-4-1-5-13(12)28-18(15)26-16(25-17)11-3-2-6-22-9-11/h2-3,6-9,19H,1,4-5,10H2,(H,24,25,26). The number of thiophene rings is 1. The van der Waals surface area contributed by atoms with Crippen molar-refractivity contribution in [3.8, 4) is 11.4 Å². The highest BCUT2D eigenvalue weighted by molar-refractivity contribution is 7.19. The first-order chi connectivity index (χ1) is 13.7. The smallest absolute Gasteiger partial charge is 0.319 e. The summed E-state index contributed by atoms with van der Waals surface area (Å²) in [5, 5.41) is 4.23. The molecule has 0 radical (unpaired) electrons. The van der Waals surface area contributed by atoms with Crippen molar-refractivity contribution in [2.75, 3.05) is 5.32 Å². The van der Waals surface area contributed by atoms with Gasteiger partial charge in [-0.25, -0.2) is 15.0 Å². The fraction of sp³-hybridized carbons (Fsp3) is 0.263. The van der Waals surface area contributed by atoms with Crippen LogP contribution in [0.3, 0.4) is 0 Å². The number of nitrogens with zero attached hydrogens (tertiary/aromatic N) is 5. The van der Waals surface area contributed by atoms with E-state index in [1.54, 1.807) is 23.7 Å². The monoisotopic (exact) mass is 398 g/mol. The van der Waals surface area contributed by atoms with E-state index in [-0.39, 0.29) is 12.4 Å². The Bertz CT molecular complexity index is 1140. The summed E-state index contributed by atoms with van der Waals surface area (Å²) in [6.07, 6.45) is 9.24. The second-order valence-corrected chi connectivity index (χ2v) is 7.64. The van der Waals surface area contributed by atoms with Gasteiger partial charge in [-0.3, -0.25) is 9.55 Å². The number of pyridine rings is 1. The van der Waals surface area contributed by atoms with Crippen LogP contribution in [0.1, 0.15) is 29.2 Å². The molecule has 0 bridgehead atoms. The molecule has 0 aliphatic heterocycles. The van der Waals surface area contributed by atoms with E-state index in [2.05, 4.69) is 15.3 Å². The van der Waals surface area contributed by atoms with Gasteiger partial charge in [-0.05, 0) is 37.0 Å². The van der Waals surface area contributed by atoms with Gasteiger partial charge in [0.1, 0.15) is 16.5 Å². The maximum Gasteiger partial charge on any atom is 0.319 e. The first kappa shape index (κ1) is 17.2. The molecule has 0 amide bonds. The fourth-order valence-corrected chi connectivity index (χ4v) is 4.83. The lowest BCUT2D eigenvalue weighted by Crippen LogP contribution is -2.10. The number of alkyl halides is 2. The number of anilines is 1. The van der Waals surface area contributed by atoms with Crippen molar-refractivity contribution in [3.05, 3.63) is 53.2 Å². The molecule has 142 valence electrons. The predicted octanol–water partition coefficient (Wildman–Crippen LogP) is 4.45. The van der Waals surface area contributed by atoms with Crippen molar-refractivity contribution < 1.29 is 8.78 Å². The van der Waals surface area contributed by atoms with Gasteiger partial charge in [0.25, 0.3) is 0 Å². The van der Waals surface area contributed by atoms with Crippen LogP contribution in [-0.2, 0) is 19.4 Å². The maximum absolute atomic E-state index is 13.1. The Kier molecular flexibility index (Phi) is 4.23. The number of imidazole rings is 1. The van der Waals surface area contributed by atoms with E-state index in [9.17, 15) is 8.78 Å². The van der Waals surface area contributed by atoms with Crippen molar-refractivity contribution >= 4 is 27.4 Å². The number of nitrogens with one attached hydrogen (secondary N) is 1. The van der Waals surface area contributed by atoms with Gasteiger partial charge in [0, 0.05) is 35.2 Å². The summed E-state index contributed by atoms with van der Waals surface area (Å²) >= 11 is 1.69. The third kappa shape index (κ3) is 2.91. The van der Waals surface area contributed by atoms with Crippen LogP contribution < -0.4 is 5.32 Å².